The van der Waals surface area contributed by atoms with E-state index in [1.54, 1.807) is 0 Å². The molecule has 58 heavy (non-hydrogen) atoms. The molecule has 1 atom stereocenters. The van der Waals surface area contributed by atoms with Gasteiger partial charge in [-0.2, -0.15) is 0 Å². The van der Waals surface area contributed by atoms with Crippen molar-refractivity contribution in [2.24, 2.45) is 0 Å². The number of rotatable bonds is 5. The molecule has 2 aromatic heterocycles. The number of aromatic nitrogens is 3. The van der Waals surface area contributed by atoms with Gasteiger partial charge in [0.05, 0.1) is 22.5 Å². The number of aryl methyl sites for hydroxylation is 2. The highest BCUT2D eigenvalue weighted by Gasteiger charge is 2.50. The Hall–Kier alpha value is -6.88. The Labute approximate surface area is 343 Å². The normalized spacial score (nSPS) is 14.7. The maximum absolute atomic E-state index is 5.26. The van der Waals surface area contributed by atoms with E-state index < -0.39 is 5.41 Å². The van der Waals surface area contributed by atoms with E-state index in [-0.39, 0.29) is 0 Å². The van der Waals surface area contributed by atoms with Gasteiger partial charge in [0.25, 0.3) is 0 Å². The largest absolute Gasteiger partial charge is 0.256 e. The van der Waals surface area contributed by atoms with Gasteiger partial charge in [0, 0.05) is 38.2 Å². The van der Waals surface area contributed by atoms with Crippen LogP contribution in [-0.4, -0.2) is 15.0 Å². The van der Waals surface area contributed by atoms with Gasteiger partial charge in [-0.25, -0.2) is 9.97 Å². The van der Waals surface area contributed by atoms with Gasteiger partial charge >= 0.3 is 0 Å². The van der Waals surface area contributed by atoms with Crippen molar-refractivity contribution < 1.29 is 0 Å². The first kappa shape index (κ1) is 34.4. The van der Waals surface area contributed by atoms with E-state index in [1.165, 1.54) is 65.4 Å². The number of benzene rings is 7. The lowest BCUT2D eigenvalue weighted by Crippen LogP contribution is -2.32. The number of nitrogens with zero attached hydrogens (tertiary/aromatic N) is 3. The van der Waals surface area contributed by atoms with Crippen LogP contribution in [0, 0.1) is 13.8 Å². The number of hydrogen-bond acceptors (Lipinski definition) is 4. The van der Waals surface area contributed by atoms with E-state index in [0.29, 0.717) is 5.82 Å². The highest BCUT2D eigenvalue weighted by atomic mass is 32.2. The summed E-state index contributed by atoms with van der Waals surface area (Å²) in [6.07, 6.45) is 1.97. The van der Waals surface area contributed by atoms with Crippen LogP contribution in [0.15, 0.2) is 198 Å². The Kier molecular flexibility index (Phi) is 8.09. The minimum atomic E-state index is -0.550. The molecule has 1 aliphatic carbocycles. The summed E-state index contributed by atoms with van der Waals surface area (Å²) in [7, 11) is 0. The average molecular weight is 760 g/mol. The monoisotopic (exact) mass is 759 g/mol. The Balaban J connectivity index is 1.14. The topological polar surface area (TPSA) is 38.7 Å². The minimum Gasteiger partial charge on any atom is -0.256 e. The Morgan fingerprint density at radius 2 is 1.00 bits per heavy atom. The fourth-order valence-corrected chi connectivity index (χ4v) is 10.4. The summed E-state index contributed by atoms with van der Waals surface area (Å²) in [5.74, 6) is 0.709. The second kappa shape index (κ2) is 13.7. The zero-order chi connectivity index (χ0) is 38.8. The van der Waals surface area contributed by atoms with Crippen LogP contribution in [0.1, 0.15) is 33.4 Å². The lowest BCUT2D eigenvalue weighted by Gasteiger charge is -2.40. The quantitative estimate of drug-likeness (QED) is 0.175. The van der Waals surface area contributed by atoms with Crippen molar-refractivity contribution in [1.82, 2.24) is 15.0 Å². The van der Waals surface area contributed by atoms with E-state index >= 15 is 0 Å². The number of fused-ring (bicyclic) bond motifs is 9. The summed E-state index contributed by atoms with van der Waals surface area (Å²) in [4.78, 5) is 18.0. The fourth-order valence-electron chi connectivity index (χ4n) is 9.24. The third-order valence-electron chi connectivity index (χ3n) is 11.8. The van der Waals surface area contributed by atoms with Crippen LogP contribution < -0.4 is 0 Å². The molecule has 2 aliphatic rings. The number of hydrogen-bond donors (Lipinski definition) is 0. The van der Waals surface area contributed by atoms with Crippen molar-refractivity contribution in [3.8, 4) is 67.4 Å². The Morgan fingerprint density at radius 1 is 0.414 bits per heavy atom. The van der Waals surface area contributed by atoms with E-state index in [0.717, 1.165) is 39.3 Å². The van der Waals surface area contributed by atoms with Crippen LogP contribution in [0.2, 0.25) is 0 Å². The average Bonchev–Trinajstić information content (AvgIpc) is 3.57. The molecule has 11 rings (SSSR count). The maximum atomic E-state index is 5.26. The highest BCUT2D eigenvalue weighted by Crippen LogP contribution is 2.62. The van der Waals surface area contributed by atoms with E-state index in [1.807, 2.05) is 30.1 Å². The summed E-state index contributed by atoms with van der Waals surface area (Å²) in [6.45, 7) is 4.26. The number of pyridine rings is 1. The van der Waals surface area contributed by atoms with Crippen LogP contribution in [0.5, 0.6) is 0 Å². The molecule has 1 aliphatic heterocycles. The second-order valence-corrected chi connectivity index (χ2v) is 16.4. The second-order valence-electron chi connectivity index (χ2n) is 15.3. The third-order valence-corrected chi connectivity index (χ3v) is 12.9. The molecule has 0 fully saturated rings. The van der Waals surface area contributed by atoms with Gasteiger partial charge < -0.3 is 0 Å². The molecule has 0 saturated heterocycles. The molecule has 1 unspecified atom stereocenters. The van der Waals surface area contributed by atoms with Gasteiger partial charge in [-0.1, -0.05) is 163 Å². The highest BCUT2D eigenvalue weighted by molar-refractivity contribution is 7.99. The maximum Gasteiger partial charge on any atom is 0.160 e. The van der Waals surface area contributed by atoms with Crippen molar-refractivity contribution in [2.45, 2.75) is 29.1 Å². The summed E-state index contributed by atoms with van der Waals surface area (Å²) >= 11 is 1.85. The first-order valence-electron chi connectivity index (χ1n) is 19.8. The summed E-state index contributed by atoms with van der Waals surface area (Å²) < 4.78 is 0. The van der Waals surface area contributed by atoms with Gasteiger partial charge in [0.15, 0.2) is 5.82 Å². The standard InChI is InChI=1S/C54H37N3S/c1-34-29-35(2)52(55-33-34)42-21-10-9-19-40(42)38-25-27-45-43(30-38)41-20-11-12-22-44(41)54(45)46-23-13-14-24-50(46)58-51-28-26-39(31-47(51)54)53-56-48(36-15-5-3-6-16-36)32-49(57-53)37-17-7-4-8-18-37/h3-33H,1-2H3. The molecule has 0 saturated carbocycles. The molecular weight excluding hydrogens is 723 g/mol. The van der Waals surface area contributed by atoms with Crippen LogP contribution in [0.3, 0.4) is 0 Å². The SMILES string of the molecule is Cc1cnc(-c2ccccc2-c2ccc3c(c2)-c2ccccc2C32c3ccccc3Sc3ccc(-c4nc(-c5ccccc5)cc(-c5ccccc5)n4)cc32)c(C)c1. The molecule has 274 valence electrons. The van der Waals surface area contributed by atoms with Crippen molar-refractivity contribution in [3.05, 3.63) is 222 Å². The lowest BCUT2D eigenvalue weighted by molar-refractivity contribution is 0.722. The molecule has 4 heteroatoms. The van der Waals surface area contributed by atoms with Crippen LogP contribution >= 0.6 is 11.8 Å². The van der Waals surface area contributed by atoms with Crippen LogP contribution in [0.4, 0.5) is 0 Å². The van der Waals surface area contributed by atoms with Gasteiger partial charge in [-0.3, -0.25) is 4.98 Å². The third kappa shape index (κ3) is 5.40. The van der Waals surface area contributed by atoms with Gasteiger partial charge in [0.1, 0.15) is 0 Å². The fraction of sp³-hybridized carbons (Fsp3) is 0.0556. The van der Waals surface area contributed by atoms with Gasteiger partial charge in [0.2, 0.25) is 0 Å². The molecular formula is C54H37N3S. The summed E-state index contributed by atoms with van der Waals surface area (Å²) in [5, 5.41) is 0. The summed E-state index contributed by atoms with van der Waals surface area (Å²) in [6, 6.07) is 65.8. The Morgan fingerprint density at radius 3 is 1.72 bits per heavy atom. The smallest absolute Gasteiger partial charge is 0.160 e. The Bertz CT molecular complexity index is 3010. The van der Waals surface area contributed by atoms with Crippen molar-refractivity contribution in [1.29, 1.82) is 0 Å². The molecule has 7 aromatic carbocycles. The zero-order valence-corrected chi connectivity index (χ0v) is 33.0. The van der Waals surface area contributed by atoms with Crippen molar-refractivity contribution in [3.63, 3.8) is 0 Å². The van der Waals surface area contributed by atoms with Gasteiger partial charge in [-0.05, 0) is 99.8 Å². The van der Waals surface area contributed by atoms with E-state index in [2.05, 4.69) is 184 Å². The first-order valence-corrected chi connectivity index (χ1v) is 20.6. The lowest BCUT2D eigenvalue weighted by atomic mass is 9.67. The van der Waals surface area contributed by atoms with Crippen LogP contribution in [0.25, 0.3) is 67.4 Å². The molecule has 0 bridgehead atoms. The zero-order valence-electron chi connectivity index (χ0n) is 32.1. The van der Waals surface area contributed by atoms with Crippen molar-refractivity contribution in [2.75, 3.05) is 0 Å². The molecule has 3 nitrogen and oxygen atoms in total. The first-order chi connectivity index (χ1) is 28.6. The molecule has 0 amide bonds. The molecule has 1 spiro atoms. The molecule has 3 heterocycles. The summed E-state index contributed by atoms with van der Waals surface area (Å²) in [5.41, 5.74) is 18.9. The predicted molar refractivity (Wildman–Crippen MR) is 238 cm³/mol. The van der Waals surface area contributed by atoms with E-state index in [4.69, 9.17) is 15.0 Å². The molecule has 0 radical (unpaired) electrons. The molecule has 0 N–H and O–H groups in total. The van der Waals surface area contributed by atoms with Gasteiger partial charge in [-0.15, -0.1) is 0 Å². The van der Waals surface area contributed by atoms with Crippen LogP contribution in [-0.2, 0) is 5.41 Å². The predicted octanol–water partition coefficient (Wildman–Crippen LogP) is 13.7. The van der Waals surface area contributed by atoms with E-state index in [9.17, 15) is 0 Å². The minimum absolute atomic E-state index is 0.550. The van der Waals surface area contributed by atoms with Crippen molar-refractivity contribution >= 4 is 11.8 Å². The molecule has 9 aromatic rings.